The van der Waals surface area contributed by atoms with Gasteiger partial charge < -0.3 is 25.1 Å². The third-order valence-corrected chi connectivity index (χ3v) is 5.86. The highest BCUT2D eigenvalue weighted by atomic mass is 16.2. The minimum absolute atomic E-state index is 0.113. The summed E-state index contributed by atoms with van der Waals surface area (Å²) in [5, 5.41) is 2.98. The van der Waals surface area contributed by atoms with Gasteiger partial charge >= 0.3 is 0 Å². The number of H-pyrrole nitrogens is 2. The predicted molar refractivity (Wildman–Crippen MR) is 124 cm³/mol. The lowest BCUT2D eigenvalue weighted by atomic mass is 10.1. The first-order valence-electron chi connectivity index (χ1n) is 11.6. The van der Waals surface area contributed by atoms with Crippen LogP contribution in [0.5, 0.6) is 0 Å². The second-order valence-corrected chi connectivity index (χ2v) is 8.32. The van der Waals surface area contributed by atoms with Crippen molar-refractivity contribution < 1.29 is 9.59 Å². The fourth-order valence-corrected chi connectivity index (χ4v) is 4.05. The van der Waals surface area contributed by atoms with Crippen molar-refractivity contribution in [1.29, 1.82) is 0 Å². The van der Waals surface area contributed by atoms with E-state index in [0.717, 1.165) is 19.4 Å². The van der Waals surface area contributed by atoms with E-state index in [0.29, 0.717) is 42.4 Å². The fraction of sp³-hybridized carbons (Fsp3) is 0.417. The van der Waals surface area contributed by atoms with Crippen molar-refractivity contribution in [2.45, 2.75) is 38.8 Å². The second-order valence-electron chi connectivity index (χ2n) is 8.32. The summed E-state index contributed by atoms with van der Waals surface area (Å²) in [7, 11) is 0. The van der Waals surface area contributed by atoms with Crippen LogP contribution in [0.25, 0.3) is 0 Å². The van der Waals surface area contributed by atoms with Crippen molar-refractivity contribution in [1.82, 2.24) is 35.1 Å². The Morgan fingerprint density at radius 2 is 1.52 bits per heavy atom. The van der Waals surface area contributed by atoms with E-state index in [4.69, 9.17) is 0 Å². The van der Waals surface area contributed by atoms with Crippen LogP contribution in [0.15, 0.2) is 49.1 Å². The number of aromatic amines is 2. The largest absolute Gasteiger partial charge is 0.352 e. The summed E-state index contributed by atoms with van der Waals surface area (Å²) in [5.41, 5.74) is 1.06. The maximum absolute atomic E-state index is 13.2. The Morgan fingerprint density at radius 3 is 2.09 bits per heavy atom. The summed E-state index contributed by atoms with van der Waals surface area (Å²) in [4.78, 5) is 44.3. The monoisotopic (exact) mass is 449 g/mol. The minimum Gasteiger partial charge on any atom is -0.352 e. The lowest BCUT2D eigenvalue weighted by Gasteiger charge is -2.21. The number of likely N-dealkylation sites (tertiary alicyclic amines) is 1. The number of aromatic nitrogens is 4. The van der Waals surface area contributed by atoms with E-state index in [2.05, 4.69) is 30.2 Å². The molecule has 0 saturated carbocycles. The quantitative estimate of drug-likeness (QED) is 0.390. The molecule has 2 amide bonds. The summed E-state index contributed by atoms with van der Waals surface area (Å²) >= 11 is 0. The molecule has 0 unspecified atom stereocenters. The number of amides is 2. The van der Waals surface area contributed by atoms with Gasteiger partial charge in [-0.15, -0.1) is 0 Å². The van der Waals surface area contributed by atoms with Crippen molar-refractivity contribution in [3.8, 4) is 0 Å². The molecular weight excluding hydrogens is 418 g/mol. The molecular formula is C24H31N7O2. The third kappa shape index (κ3) is 6.52. The van der Waals surface area contributed by atoms with E-state index in [9.17, 15) is 9.59 Å². The number of carbonyl (C=O) groups excluding carboxylic acids is 2. The molecule has 4 rings (SSSR count). The molecule has 0 bridgehead atoms. The zero-order valence-corrected chi connectivity index (χ0v) is 18.8. The molecule has 0 atom stereocenters. The van der Waals surface area contributed by atoms with Crippen LogP contribution in [0, 0.1) is 0 Å². The van der Waals surface area contributed by atoms with Gasteiger partial charge in [-0.1, -0.05) is 0 Å². The van der Waals surface area contributed by atoms with Crippen LogP contribution in [-0.2, 0) is 13.1 Å². The molecule has 9 heteroatoms. The van der Waals surface area contributed by atoms with Gasteiger partial charge in [0.2, 0.25) is 0 Å². The number of nitrogens with zero attached hydrogens (tertiary/aromatic N) is 4. The zero-order chi connectivity index (χ0) is 22.9. The molecule has 1 saturated heterocycles. The van der Waals surface area contributed by atoms with Gasteiger partial charge in [-0.3, -0.25) is 9.59 Å². The van der Waals surface area contributed by atoms with Gasteiger partial charge in [-0.2, -0.15) is 0 Å². The fourth-order valence-electron chi connectivity index (χ4n) is 4.05. The van der Waals surface area contributed by atoms with E-state index in [1.54, 1.807) is 54.0 Å². The van der Waals surface area contributed by atoms with Gasteiger partial charge in [-0.05, 0) is 69.6 Å². The average Bonchev–Trinajstić information content (AvgIpc) is 3.62. The van der Waals surface area contributed by atoms with Crippen LogP contribution in [-0.4, -0.2) is 67.7 Å². The molecule has 3 aromatic rings. The SMILES string of the molecule is O=C(NCCCCN1CCCC1)c1ccc(C(=O)N(Cc2ncc[nH]2)Cc2ncc[nH]2)cc1. The lowest BCUT2D eigenvalue weighted by Crippen LogP contribution is -2.31. The van der Waals surface area contributed by atoms with E-state index in [1.807, 2.05) is 0 Å². The van der Waals surface area contributed by atoms with E-state index < -0.39 is 0 Å². The second kappa shape index (κ2) is 11.4. The topological polar surface area (TPSA) is 110 Å². The van der Waals surface area contributed by atoms with Gasteiger partial charge in [-0.25, -0.2) is 9.97 Å². The number of unbranched alkanes of at least 4 members (excludes halogenated alkanes) is 1. The lowest BCUT2D eigenvalue weighted by molar-refractivity contribution is 0.0721. The Morgan fingerprint density at radius 1 is 0.909 bits per heavy atom. The standard InChI is InChI=1S/C24H31N7O2/c32-23(29-9-1-2-14-30-15-3-4-16-30)19-5-7-20(8-6-19)24(33)31(17-21-25-10-11-26-21)18-22-27-12-13-28-22/h5-8,10-13H,1-4,9,14-18H2,(H,25,26)(H,27,28)(H,29,32). The molecule has 3 heterocycles. The number of hydrogen-bond donors (Lipinski definition) is 3. The van der Waals surface area contributed by atoms with Crippen LogP contribution < -0.4 is 5.32 Å². The summed E-state index contributed by atoms with van der Waals surface area (Å²) in [6, 6.07) is 6.79. The number of nitrogens with one attached hydrogen (secondary N) is 3. The van der Waals surface area contributed by atoms with Crippen molar-refractivity contribution in [2.75, 3.05) is 26.2 Å². The molecule has 1 aliphatic heterocycles. The van der Waals surface area contributed by atoms with Crippen LogP contribution >= 0.6 is 0 Å². The highest BCUT2D eigenvalue weighted by Gasteiger charge is 2.19. The molecule has 0 spiro atoms. The molecule has 1 aromatic carbocycles. The summed E-state index contributed by atoms with van der Waals surface area (Å²) < 4.78 is 0. The van der Waals surface area contributed by atoms with Crippen molar-refractivity contribution >= 4 is 11.8 Å². The normalized spacial score (nSPS) is 13.8. The summed E-state index contributed by atoms with van der Waals surface area (Å²) in [6.07, 6.45) is 11.4. The average molecular weight is 450 g/mol. The van der Waals surface area contributed by atoms with E-state index >= 15 is 0 Å². The molecule has 9 nitrogen and oxygen atoms in total. The Bertz CT molecular complexity index is 958. The highest BCUT2D eigenvalue weighted by molar-refractivity contribution is 5.97. The van der Waals surface area contributed by atoms with Crippen LogP contribution in [0.1, 0.15) is 58.0 Å². The Labute approximate surface area is 193 Å². The smallest absolute Gasteiger partial charge is 0.254 e. The summed E-state index contributed by atoms with van der Waals surface area (Å²) in [6.45, 7) is 4.83. The number of imidazole rings is 2. The Hall–Kier alpha value is -3.46. The van der Waals surface area contributed by atoms with E-state index in [-0.39, 0.29) is 11.8 Å². The number of hydrogen-bond acceptors (Lipinski definition) is 5. The van der Waals surface area contributed by atoms with Crippen molar-refractivity contribution in [3.05, 3.63) is 71.8 Å². The highest BCUT2D eigenvalue weighted by Crippen LogP contribution is 2.13. The maximum atomic E-state index is 13.2. The maximum Gasteiger partial charge on any atom is 0.254 e. The first kappa shape index (κ1) is 22.7. The Kier molecular flexibility index (Phi) is 7.86. The minimum atomic E-state index is -0.156. The molecule has 0 radical (unpaired) electrons. The van der Waals surface area contributed by atoms with Crippen molar-refractivity contribution in [3.63, 3.8) is 0 Å². The molecule has 3 N–H and O–H groups in total. The van der Waals surface area contributed by atoms with Crippen LogP contribution in [0.4, 0.5) is 0 Å². The molecule has 2 aromatic heterocycles. The van der Waals surface area contributed by atoms with Crippen LogP contribution in [0.2, 0.25) is 0 Å². The van der Waals surface area contributed by atoms with Crippen LogP contribution in [0.3, 0.4) is 0 Å². The van der Waals surface area contributed by atoms with Gasteiger partial charge in [0.25, 0.3) is 11.8 Å². The Balaban J connectivity index is 1.30. The van der Waals surface area contributed by atoms with Gasteiger partial charge in [0.15, 0.2) is 0 Å². The molecule has 0 aliphatic carbocycles. The van der Waals surface area contributed by atoms with Gasteiger partial charge in [0.05, 0.1) is 13.1 Å². The molecule has 174 valence electrons. The summed E-state index contributed by atoms with van der Waals surface area (Å²) in [5.74, 6) is 1.11. The first-order valence-corrected chi connectivity index (χ1v) is 11.6. The van der Waals surface area contributed by atoms with Gasteiger partial charge in [0.1, 0.15) is 11.6 Å². The number of benzene rings is 1. The first-order chi connectivity index (χ1) is 16.2. The predicted octanol–water partition coefficient (Wildman–Crippen LogP) is 2.58. The third-order valence-electron chi connectivity index (χ3n) is 5.86. The molecule has 33 heavy (non-hydrogen) atoms. The van der Waals surface area contributed by atoms with E-state index in [1.165, 1.54) is 25.9 Å². The zero-order valence-electron chi connectivity index (χ0n) is 18.8. The number of rotatable bonds is 11. The van der Waals surface area contributed by atoms with Gasteiger partial charge in [0, 0.05) is 42.5 Å². The number of carbonyl (C=O) groups is 2. The van der Waals surface area contributed by atoms with Crippen molar-refractivity contribution in [2.24, 2.45) is 0 Å². The molecule has 1 fully saturated rings. The molecule has 1 aliphatic rings.